The van der Waals surface area contributed by atoms with E-state index in [2.05, 4.69) is 0 Å². The first kappa shape index (κ1) is 17.2. The summed E-state index contributed by atoms with van der Waals surface area (Å²) in [5.74, 6) is -0.356. The summed E-state index contributed by atoms with van der Waals surface area (Å²) in [7, 11) is 1.42. The zero-order valence-corrected chi connectivity index (χ0v) is 14.7. The van der Waals surface area contributed by atoms with Crippen LogP contribution in [-0.2, 0) is 9.63 Å². The highest BCUT2D eigenvalue weighted by Crippen LogP contribution is 2.46. The minimum atomic E-state index is -0.932. The lowest BCUT2D eigenvalue weighted by molar-refractivity contribution is -0.215. The molecule has 3 rings (SSSR count). The van der Waals surface area contributed by atoms with Gasteiger partial charge in [0, 0.05) is 18.1 Å². The maximum absolute atomic E-state index is 13.0. The molecule has 2 aliphatic rings. The van der Waals surface area contributed by atoms with Gasteiger partial charge in [-0.25, -0.2) is 5.06 Å². The van der Waals surface area contributed by atoms with Crippen LogP contribution >= 0.6 is 11.6 Å². The number of aryl methyl sites for hydroxylation is 2. The molecule has 1 fully saturated rings. The number of carbonyl (C=O) groups excluding carboxylic acids is 1. The molecule has 2 N–H and O–H groups in total. The molecule has 0 aromatic heterocycles. The summed E-state index contributed by atoms with van der Waals surface area (Å²) in [4.78, 5) is 18.3. The Labute approximate surface area is 145 Å². The average molecular weight is 353 g/mol. The summed E-state index contributed by atoms with van der Waals surface area (Å²) in [6, 6.07) is 3.55. The molecular weight excluding hydrogens is 332 g/mol. The van der Waals surface area contributed by atoms with Gasteiger partial charge in [-0.15, -0.1) is 0 Å². The van der Waals surface area contributed by atoms with Crippen LogP contribution in [0.2, 0.25) is 5.02 Å². The van der Waals surface area contributed by atoms with Crippen molar-refractivity contribution in [3.05, 3.63) is 39.6 Å². The molecule has 130 valence electrons. The number of benzene rings is 1. The van der Waals surface area contributed by atoms with E-state index in [9.17, 15) is 15.1 Å². The third-order valence-corrected chi connectivity index (χ3v) is 5.18. The number of nitrogens with zero attached hydrogens (tertiary/aromatic N) is 2. The molecule has 0 aliphatic carbocycles. The molecule has 1 saturated heterocycles. The Morgan fingerprint density at radius 1 is 1.21 bits per heavy atom. The van der Waals surface area contributed by atoms with Crippen molar-refractivity contribution in [2.24, 2.45) is 0 Å². The van der Waals surface area contributed by atoms with Gasteiger partial charge < -0.3 is 10.3 Å². The molecule has 1 spiro atoms. The van der Waals surface area contributed by atoms with E-state index in [-0.39, 0.29) is 17.2 Å². The second-order valence-electron chi connectivity index (χ2n) is 6.41. The van der Waals surface area contributed by atoms with Crippen LogP contribution < -0.4 is 0 Å². The van der Waals surface area contributed by atoms with Gasteiger partial charge in [0.1, 0.15) is 11.3 Å². The van der Waals surface area contributed by atoms with Gasteiger partial charge in [0.05, 0.1) is 12.7 Å². The molecule has 0 saturated carbocycles. The second-order valence-corrected chi connectivity index (χ2v) is 6.84. The van der Waals surface area contributed by atoms with E-state index < -0.39 is 5.54 Å². The van der Waals surface area contributed by atoms with Gasteiger partial charge >= 0.3 is 0 Å². The number of aliphatic hydroxyl groups excluding tert-OH is 1. The van der Waals surface area contributed by atoms with Crippen molar-refractivity contribution in [1.82, 2.24) is 10.1 Å². The molecule has 0 bridgehead atoms. The lowest BCUT2D eigenvalue weighted by atomic mass is 9.85. The first-order valence-corrected chi connectivity index (χ1v) is 8.23. The minimum absolute atomic E-state index is 0.0102. The zero-order valence-electron chi connectivity index (χ0n) is 14.0. The number of carbonyl (C=O) groups is 1. The van der Waals surface area contributed by atoms with Gasteiger partial charge in [-0.2, -0.15) is 5.06 Å². The average Bonchev–Trinajstić information content (AvgIpc) is 2.71. The lowest BCUT2D eigenvalue weighted by Gasteiger charge is -2.41. The van der Waals surface area contributed by atoms with Gasteiger partial charge in [-0.3, -0.25) is 9.63 Å². The highest BCUT2D eigenvalue weighted by atomic mass is 35.5. The van der Waals surface area contributed by atoms with Crippen molar-refractivity contribution in [3.8, 4) is 0 Å². The molecule has 0 unspecified atom stereocenters. The Morgan fingerprint density at radius 2 is 1.75 bits per heavy atom. The Balaban J connectivity index is 2.17. The van der Waals surface area contributed by atoms with Crippen LogP contribution in [0.3, 0.4) is 0 Å². The van der Waals surface area contributed by atoms with Crippen molar-refractivity contribution in [1.29, 1.82) is 0 Å². The Hall–Kier alpha value is -1.60. The summed E-state index contributed by atoms with van der Waals surface area (Å²) >= 11 is 6.08. The van der Waals surface area contributed by atoms with Crippen LogP contribution in [-0.4, -0.2) is 52.1 Å². The first-order chi connectivity index (χ1) is 11.3. The SMILES string of the molecule is CON1C(=O)C(c2c(C)cc(Cl)cc2C)=C(O)C12CCN(O)CC2. The van der Waals surface area contributed by atoms with Crippen LogP contribution in [0.15, 0.2) is 17.9 Å². The van der Waals surface area contributed by atoms with E-state index in [1.54, 1.807) is 12.1 Å². The van der Waals surface area contributed by atoms with Crippen LogP contribution in [0.25, 0.3) is 5.57 Å². The molecule has 7 heteroatoms. The van der Waals surface area contributed by atoms with E-state index in [1.165, 1.54) is 17.2 Å². The molecular formula is C17H21ClN2O4. The molecule has 2 aliphatic heterocycles. The van der Waals surface area contributed by atoms with Crippen molar-refractivity contribution in [2.45, 2.75) is 32.2 Å². The first-order valence-electron chi connectivity index (χ1n) is 7.85. The summed E-state index contributed by atoms with van der Waals surface area (Å²) < 4.78 is 0. The quantitative estimate of drug-likeness (QED) is 0.856. The summed E-state index contributed by atoms with van der Waals surface area (Å²) in [5.41, 5.74) is 1.66. The number of aliphatic hydroxyl groups is 1. The van der Waals surface area contributed by atoms with Crippen molar-refractivity contribution in [2.75, 3.05) is 20.2 Å². The molecule has 1 aromatic rings. The fraction of sp³-hybridized carbons (Fsp3) is 0.471. The molecule has 0 atom stereocenters. The van der Waals surface area contributed by atoms with Gasteiger partial charge in [0.25, 0.3) is 5.91 Å². The standard InChI is InChI=1S/C17H21ClN2O4/c1-10-8-12(18)9-11(2)13(10)14-15(21)17(20(24-3)16(14)22)4-6-19(23)7-5-17/h8-9,21,23H,4-7H2,1-3H3. The number of halogens is 1. The van der Waals surface area contributed by atoms with E-state index >= 15 is 0 Å². The molecule has 0 radical (unpaired) electrons. The predicted molar refractivity (Wildman–Crippen MR) is 89.7 cm³/mol. The second kappa shape index (κ2) is 6.04. The van der Waals surface area contributed by atoms with Crippen molar-refractivity contribution >= 4 is 23.1 Å². The molecule has 1 amide bonds. The highest BCUT2D eigenvalue weighted by molar-refractivity contribution is 6.31. The summed E-state index contributed by atoms with van der Waals surface area (Å²) in [6.07, 6.45) is 0.786. The van der Waals surface area contributed by atoms with Gasteiger partial charge in [-0.1, -0.05) is 11.6 Å². The van der Waals surface area contributed by atoms with Gasteiger partial charge in [0.2, 0.25) is 0 Å². The van der Waals surface area contributed by atoms with Crippen molar-refractivity contribution in [3.63, 3.8) is 0 Å². The number of hydrogen-bond acceptors (Lipinski definition) is 5. The number of piperidine rings is 1. The van der Waals surface area contributed by atoms with Crippen molar-refractivity contribution < 1.29 is 19.9 Å². The largest absolute Gasteiger partial charge is 0.509 e. The maximum Gasteiger partial charge on any atom is 0.282 e. The topological polar surface area (TPSA) is 73.2 Å². The smallest absolute Gasteiger partial charge is 0.282 e. The number of rotatable bonds is 2. The number of hydrogen-bond donors (Lipinski definition) is 2. The van der Waals surface area contributed by atoms with Gasteiger partial charge in [-0.05, 0) is 55.5 Å². The zero-order chi connectivity index (χ0) is 17.6. The molecule has 2 heterocycles. The third kappa shape index (κ3) is 2.41. The van der Waals surface area contributed by atoms with Crippen LogP contribution in [0.5, 0.6) is 0 Å². The van der Waals surface area contributed by atoms with Crippen LogP contribution in [0, 0.1) is 13.8 Å². The molecule has 24 heavy (non-hydrogen) atoms. The fourth-order valence-corrected chi connectivity index (χ4v) is 4.15. The normalized spacial score (nSPS) is 21.2. The lowest BCUT2D eigenvalue weighted by Crippen LogP contribution is -2.54. The van der Waals surface area contributed by atoms with Crippen LogP contribution in [0.4, 0.5) is 0 Å². The summed E-state index contributed by atoms with van der Waals surface area (Å²) in [6.45, 7) is 4.42. The Bertz CT molecular complexity index is 700. The highest BCUT2D eigenvalue weighted by Gasteiger charge is 2.55. The number of amides is 1. The molecule has 1 aromatic carbocycles. The molecule has 6 nitrogen and oxygen atoms in total. The van der Waals surface area contributed by atoms with E-state index in [0.717, 1.165) is 11.1 Å². The maximum atomic E-state index is 13.0. The van der Waals surface area contributed by atoms with Crippen LogP contribution in [0.1, 0.15) is 29.5 Å². The monoisotopic (exact) mass is 352 g/mol. The van der Waals surface area contributed by atoms with E-state index in [4.69, 9.17) is 16.4 Å². The minimum Gasteiger partial charge on any atom is -0.509 e. The Morgan fingerprint density at radius 3 is 2.25 bits per heavy atom. The fourth-order valence-electron chi connectivity index (χ4n) is 3.82. The summed E-state index contributed by atoms with van der Waals surface area (Å²) in [5, 5.41) is 23.7. The predicted octanol–water partition coefficient (Wildman–Crippen LogP) is 2.85. The Kier molecular flexibility index (Phi) is 4.34. The third-order valence-electron chi connectivity index (χ3n) is 4.96. The van der Waals surface area contributed by atoms with E-state index in [1.807, 2.05) is 13.8 Å². The van der Waals surface area contributed by atoms with Gasteiger partial charge in [0.15, 0.2) is 0 Å². The van der Waals surface area contributed by atoms with E-state index in [0.29, 0.717) is 36.5 Å². The number of hydroxylamine groups is 4.